The summed E-state index contributed by atoms with van der Waals surface area (Å²) in [6, 6.07) is 0.496. The van der Waals surface area contributed by atoms with E-state index in [9.17, 15) is 4.79 Å². The number of thioether (sulfide) groups is 1. The van der Waals surface area contributed by atoms with E-state index < -0.39 is 0 Å². The Morgan fingerprint density at radius 1 is 1.53 bits per heavy atom. The molecular formula is C13H25NO2S. The van der Waals surface area contributed by atoms with Gasteiger partial charge in [-0.05, 0) is 24.8 Å². The first-order chi connectivity index (χ1) is 8.01. The van der Waals surface area contributed by atoms with E-state index in [0.29, 0.717) is 22.5 Å². The lowest BCUT2D eigenvalue weighted by molar-refractivity contribution is -0.137. The van der Waals surface area contributed by atoms with Crippen molar-refractivity contribution in [2.24, 2.45) is 5.41 Å². The van der Waals surface area contributed by atoms with Crippen molar-refractivity contribution in [1.29, 1.82) is 0 Å². The van der Waals surface area contributed by atoms with E-state index >= 15 is 0 Å². The molecular weight excluding hydrogens is 234 g/mol. The minimum absolute atomic E-state index is 0.117. The van der Waals surface area contributed by atoms with Crippen LogP contribution in [0.25, 0.3) is 0 Å². The van der Waals surface area contributed by atoms with Gasteiger partial charge in [0, 0.05) is 11.3 Å². The maximum Gasteiger partial charge on any atom is 0.315 e. The largest absolute Gasteiger partial charge is 0.468 e. The lowest BCUT2D eigenvalue weighted by Crippen LogP contribution is -2.51. The molecule has 3 nitrogen and oxygen atoms in total. The normalized spacial score (nSPS) is 27.8. The second-order valence-electron chi connectivity index (χ2n) is 5.34. The zero-order valence-corrected chi connectivity index (χ0v) is 12.2. The molecule has 1 rings (SSSR count). The van der Waals surface area contributed by atoms with E-state index in [2.05, 4.69) is 26.1 Å². The molecule has 2 atom stereocenters. The summed E-state index contributed by atoms with van der Waals surface area (Å²) < 4.78 is 4.71. The minimum atomic E-state index is -0.117. The van der Waals surface area contributed by atoms with Crippen molar-refractivity contribution < 1.29 is 9.53 Å². The average Bonchev–Trinajstić information content (AvgIpc) is 2.29. The summed E-state index contributed by atoms with van der Waals surface area (Å²) in [6.07, 6.45) is 3.72. The first-order valence-corrected chi connectivity index (χ1v) is 7.48. The van der Waals surface area contributed by atoms with Crippen LogP contribution in [0.15, 0.2) is 0 Å². The summed E-state index contributed by atoms with van der Waals surface area (Å²) in [5, 5.41) is 4.12. The highest BCUT2D eigenvalue weighted by Crippen LogP contribution is 2.40. The molecule has 0 bridgehead atoms. The van der Waals surface area contributed by atoms with Gasteiger partial charge in [-0.25, -0.2) is 0 Å². The molecule has 0 aromatic heterocycles. The van der Waals surface area contributed by atoms with Gasteiger partial charge in [-0.15, -0.1) is 11.8 Å². The van der Waals surface area contributed by atoms with Gasteiger partial charge >= 0.3 is 5.97 Å². The molecule has 0 saturated heterocycles. The molecule has 0 aromatic carbocycles. The van der Waals surface area contributed by atoms with Crippen molar-refractivity contribution in [3.8, 4) is 0 Å². The lowest BCUT2D eigenvalue weighted by Gasteiger charge is -2.44. The standard InChI is InChI=1S/C13H25NO2S/c1-5-14-12-10(17-9-11(15)16-4)7-6-8-13(12,2)3/h10,12,14H,5-9H2,1-4H3. The summed E-state index contributed by atoms with van der Waals surface area (Å²) in [5.74, 6) is 0.354. The zero-order chi connectivity index (χ0) is 12.9. The Morgan fingerprint density at radius 3 is 2.82 bits per heavy atom. The number of ether oxygens (including phenoxy) is 1. The molecule has 4 heteroatoms. The van der Waals surface area contributed by atoms with Crippen LogP contribution in [-0.2, 0) is 9.53 Å². The molecule has 0 aromatic rings. The molecule has 2 unspecified atom stereocenters. The maximum atomic E-state index is 11.2. The number of hydrogen-bond donors (Lipinski definition) is 1. The van der Waals surface area contributed by atoms with Crippen LogP contribution in [0.5, 0.6) is 0 Å². The van der Waals surface area contributed by atoms with Gasteiger partial charge in [0.1, 0.15) is 0 Å². The number of esters is 1. The van der Waals surface area contributed by atoms with E-state index in [4.69, 9.17) is 4.74 Å². The Kier molecular flexibility index (Phi) is 5.80. The maximum absolute atomic E-state index is 11.2. The van der Waals surface area contributed by atoms with Gasteiger partial charge in [0.2, 0.25) is 0 Å². The van der Waals surface area contributed by atoms with E-state index in [1.54, 1.807) is 11.8 Å². The van der Waals surface area contributed by atoms with E-state index in [1.807, 2.05) is 0 Å². The van der Waals surface area contributed by atoms with Crippen LogP contribution >= 0.6 is 11.8 Å². The highest BCUT2D eigenvalue weighted by molar-refractivity contribution is 8.00. The molecule has 1 N–H and O–H groups in total. The molecule has 1 fully saturated rings. The number of methoxy groups -OCH3 is 1. The van der Waals surface area contributed by atoms with Gasteiger partial charge in [0.05, 0.1) is 12.9 Å². The number of hydrogen-bond acceptors (Lipinski definition) is 4. The van der Waals surface area contributed by atoms with Gasteiger partial charge in [-0.3, -0.25) is 4.79 Å². The highest BCUT2D eigenvalue weighted by Gasteiger charge is 2.38. The Bertz CT molecular complexity index is 256. The molecule has 1 saturated carbocycles. The predicted octanol–water partition coefficient (Wildman–Crippen LogP) is 2.45. The first-order valence-electron chi connectivity index (χ1n) is 6.43. The summed E-state index contributed by atoms with van der Waals surface area (Å²) in [6.45, 7) is 7.78. The van der Waals surface area contributed by atoms with Crippen LogP contribution in [-0.4, -0.2) is 36.7 Å². The van der Waals surface area contributed by atoms with Crippen molar-refractivity contribution in [3.63, 3.8) is 0 Å². The lowest BCUT2D eigenvalue weighted by atomic mass is 9.73. The Morgan fingerprint density at radius 2 is 2.24 bits per heavy atom. The second kappa shape index (κ2) is 6.64. The van der Waals surface area contributed by atoms with Crippen molar-refractivity contribution >= 4 is 17.7 Å². The van der Waals surface area contributed by atoms with E-state index in [1.165, 1.54) is 26.4 Å². The van der Waals surface area contributed by atoms with Crippen molar-refractivity contribution in [1.82, 2.24) is 5.32 Å². The molecule has 100 valence electrons. The fraction of sp³-hybridized carbons (Fsp3) is 0.923. The van der Waals surface area contributed by atoms with Gasteiger partial charge in [0.25, 0.3) is 0 Å². The average molecular weight is 259 g/mol. The van der Waals surface area contributed by atoms with Crippen LogP contribution in [0.4, 0.5) is 0 Å². The monoisotopic (exact) mass is 259 g/mol. The molecule has 0 amide bonds. The molecule has 17 heavy (non-hydrogen) atoms. The number of rotatable bonds is 5. The highest BCUT2D eigenvalue weighted by atomic mass is 32.2. The molecule has 1 aliphatic carbocycles. The van der Waals surface area contributed by atoms with Gasteiger partial charge in [-0.1, -0.05) is 27.2 Å². The fourth-order valence-electron chi connectivity index (χ4n) is 2.63. The van der Waals surface area contributed by atoms with Crippen LogP contribution in [0.2, 0.25) is 0 Å². The Balaban J connectivity index is 2.57. The second-order valence-corrected chi connectivity index (χ2v) is 6.57. The topological polar surface area (TPSA) is 38.3 Å². The van der Waals surface area contributed by atoms with Crippen LogP contribution in [0.1, 0.15) is 40.0 Å². The third-order valence-corrected chi connectivity index (χ3v) is 4.93. The van der Waals surface area contributed by atoms with Gasteiger partial charge in [-0.2, -0.15) is 0 Å². The zero-order valence-electron chi connectivity index (χ0n) is 11.4. The quantitative estimate of drug-likeness (QED) is 0.770. The van der Waals surface area contributed by atoms with Crippen molar-refractivity contribution in [2.75, 3.05) is 19.4 Å². The minimum Gasteiger partial charge on any atom is -0.468 e. The summed E-state index contributed by atoms with van der Waals surface area (Å²) in [5.41, 5.74) is 0.321. The molecule has 0 spiro atoms. The van der Waals surface area contributed by atoms with E-state index in [0.717, 1.165) is 6.54 Å². The van der Waals surface area contributed by atoms with Crippen molar-refractivity contribution in [2.45, 2.75) is 51.3 Å². The Hall–Kier alpha value is -0.220. The van der Waals surface area contributed by atoms with Crippen LogP contribution in [0.3, 0.4) is 0 Å². The Labute approximate surface area is 109 Å². The molecule has 0 radical (unpaired) electrons. The summed E-state index contributed by atoms with van der Waals surface area (Å²) in [4.78, 5) is 11.2. The smallest absolute Gasteiger partial charge is 0.315 e. The SMILES string of the molecule is CCNC1C(SCC(=O)OC)CCCC1(C)C. The number of carbonyl (C=O) groups is 1. The number of carbonyl (C=O) groups excluding carboxylic acids is 1. The summed E-state index contributed by atoms with van der Waals surface area (Å²) >= 11 is 1.74. The van der Waals surface area contributed by atoms with Crippen LogP contribution in [0, 0.1) is 5.41 Å². The number of nitrogens with one attached hydrogen (secondary N) is 1. The molecule has 0 heterocycles. The third kappa shape index (κ3) is 4.18. The fourth-order valence-corrected chi connectivity index (χ4v) is 4.08. The van der Waals surface area contributed by atoms with E-state index in [-0.39, 0.29) is 5.97 Å². The van der Waals surface area contributed by atoms with Crippen LogP contribution < -0.4 is 5.32 Å². The molecule has 1 aliphatic rings. The van der Waals surface area contributed by atoms with Gasteiger partial charge in [0.15, 0.2) is 0 Å². The predicted molar refractivity (Wildman–Crippen MR) is 73.4 cm³/mol. The van der Waals surface area contributed by atoms with Crippen molar-refractivity contribution in [3.05, 3.63) is 0 Å². The molecule has 0 aliphatic heterocycles. The third-order valence-electron chi connectivity index (χ3n) is 3.59. The van der Waals surface area contributed by atoms with Gasteiger partial charge < -0.3 is 10.1 Å². The first kappa shape index (κ1) is 14.8. The summed E-state index contributed by atoms with van der Waals surface area (Å²) in [7, 11) is 1.45.